The third-order valence-corrected chi connectivity index (χ3v) is 2.53. The van der Waals surface area contributed by atoms with Gasteiger partial charge in [-0.15, -0.1) is 0 Å². The Morgan fingerprint density at radius 3 is 2.59 bits per heavy atom. The highest BCUT2D eigenvalue weighted by Crippen LogP contribution is 2.27. The largest absolute Gasteiger partial charge is 0.495 e. The summed E-state index contributed by atoms with van der Waals surface area (Å²) in [5.74, 6) is 1.14. The van der Waals surface area contributed by atoms with Crippen LogP contribution in [0.4, 0.5) is 5.69 Å². The molecular formula is C12H18BrN3O. The van der Waals surface area contributed by atoms with Crippen LogP contribution in [0.1, 0.15) is 20.8 Å². The van der Waals surface area contributed by atoms with Crippen molar-refractivity contribution < 1.29 is 4.74 Å². The summed E-state index contributed by atoms with van der Waals surface area (Å²) < 4.78 is 6.10. The molecule has 3 N–H and O–H groups in total. The van der Waals surface area contributed by atoms with Crippen LogP contribution in [-0.2, 0) is 0 Å². The van der Waals surface area contributed by atoms with E-state index in [1.165, 1.54) is 0 Å². The standard InChI is InChI=1S/C12H18BrN3O/c1-12(2,3)16-11(14)15-8-5-6-9(13)10(7-8)17-4/h5-7H,1-4H3,(H3,14,15,16). The Labute approximate surface area is 110 Å². The van der Waals surface area contributed by atoms with Crippen molar-refractivity contribution in [3.8, 4) is 5.75 Å². The zero-order valence-corrected chi connectivity index (χ0v) is 12.1. The maximum Gasteiger partial charge on any atom is 0.193 e. The topological polar surface area (TPSA) is 59.6 Å². The van der Waals surface area contributed by atoms with Gasteiger partial charge in [0.15, 0.2) is 5.96 Å². The van der Waals surface area contributed by atoms with Gasteiger partial charge in [0.25, 0.3) is 0 Å². The molecule has 17 heavy (non-hydrogen) atoms. The van der Waals surface area contributed by atoms with Crippen LogP contribution in [0.3, 0.4) is 0 Å². The number of nitrogens with two attached hydrogens (primary N) is 1. The van der Waals surface area contributed by atoms with Crippen LogP contribution in [-0.4, -0.2) is 18.6 Å². The Balaban J connectivity index is 2.86. The number of rotatable bonds is 2. The molecule has 0 heterocycles. The van der Waals surface area contributed by atoms with E-state index in [0.717, 1.165) is 15.9 Å². The summed E-state index contributed by atoms with van der Waals surface area (Å²) in [5.41, 5.74) is 6.45. The van der Waals surface area contributed by atoms with Gasteiger partial charge in [-0.3, -0.25) is 0 Å². The lowest BCUT2D eigenvalue weighted by molar-refractivity contribution is 0.412. The SMILES string of the molecule is COc1cc(NC(N)=NC(C)(C)C)ccc1Br. The van der Waals surface area contributed by atoms with E-state index in [0.29, 0.717) is 5.96 Å². The van der Waals surface area contributed by atoms with Crippen molar-refractivity contribution in [1.29, 1.82) is 0 Å². The molecule has 1 aromatic carbocycles. The zero-order valence-electron chi connectivity index (χ0n) is 10.5. The van der Waals surface area contributed by atoms with E-state index in [1.807, 2.05) is 39.0 Å². The Morgan fingerprint density at radius 2 is 2.06 bits per heavy atom. The van der Waals surface area contributed by atoms with Gasteiger partial charge in [-0.05, 0) is 48.8 Å². The van der Waals surface area contributed by atoms with Crippen LogP contribution >= 0.6 is 15.9 Å². The van der Waals surface area contributed by atoms with Gasteiger partial charge in [-0.2, -0.15) is 0 Å². The van der Waals surface area contributed by atoms with Gasteiger partial charge in [-0.1, -0.05) is 0 Å². The second-order valence-electron chi connectivity index (χ2n) is 4.64. The molecule has 0 aromatic heterocycles. The van der Waals surface area contributed by atoms with Crippen molar-refractivity contribution >= 4 is 27.6 Å². The Hall–Kier alpha value is -1.23. The molecule has 0 saturated carbocycles. The van der Waals surface area contributed by atoms with Crippen molar-refractivity contribution in [2.24, 2.45) is 10.7 Å². The molecule has 0 aliphatic rings. The number of nitrogens with zero attached hydrogens (tertiary/aromatic N) is 1. The normalized spacial score (nSPS) is 12.4. The van der Waals surface area contributed by atoms with Crippen LogP contribution in [0.5, 0.6) is 5.75 Å². The van der Waals surface area contributed by atoms with Crippen molar-refractivity contribution in [2.75, 3.05) is 12.4 Å². The number of hydrogen-bond acceptors (Lipinski definition) is 2. The van der Waals surface area contributed by atoms with E-state index in [4.69, 9.17) is 10.5 Å². The molecule has 5 heteroatoms. The maximum atomic E-state index is 5.81. The quantitative estimate of drug-likeness (QED) is 0.652. The number of ether oxygens (including phenoxy) is 1. The summed E-state index contributed by atoms with van der Waals surface area (Å²) in [4.78, 5) is 4.31. The van der Waals surface area contributed by atoms with Gasteiger partial charge < -0.3 is 15.8 Å². The minimum atomic E-state index is -0.198. The fraction of sp³-hybridized carbons (Fsp3) is 0.417. The number of halogens is 1. The summed E-state index contributed by atoms with van der Waals surface area (Å²) in [5, 5.41) is 3.03. The minimum Gasteiger partial charge on any atom is -0.495 e. The third-order valence-electron chi connectivity index (χ3n) is 1.88. The molecule has 4 nitrogen and oxygen atoms in total. The first-order valence-corrected chi connectivity index (χ1v) is 6.07. The first kappa shape index (κ1) is 13.8. The lowest BCUT2D eigenvalue weighted by Crippen LogP contribution is -2.27. The van der Waals surface area contributed by atoms with E-state index in [-0.39, 0.29) is 5.54 Å². The van der Waals surface area contributed by atoms with Gasteiger partial charge in [0.1, 0.15) is 5.75 Å². The predicted molar refractivity (Wildman–Crippen MR) is 75.7 cm³/mol. The van der Waals surface area contributed by atoms with Crippen LogP contribution in [0.2, 0.25) is 0 Å². The monoisotopic (exact) mass is 299 g/mol. The third kappa shape index (κ3) is 4.65. The molecule has 0 radical (unpaired) electrons. The number of hydrogen-bond donors (Lipinski definition) is 2. The number of anilines is 1. The molecule has 0 amide bonds. The molecular weight excluding hydrogens is 282 g/mol. The average molecular weight is 300 g/mol. The van der Waals surface area contributed by atoms with E-state index < -0.39 is 0 Å². The average Bonchev–Trinajstić information content (AvgIpc) is 2.18. The van der Waals surface area contributed by atoms with Crippen LogP contribution < -0.4 is 15.8 Å². The summed E-state index contributed by atoms with van der Waals surface area (Å²) in [7, 11) is 1.62. The fourth-order valence-corrected chi connectivity index (χ4v) is 1.68. The van der Waals surface area contributed by atoms with Gasteiger partial charge in [-0.25, -0.2) is 4.99 Å². The van der Waals surface area contributed by atoms with E-state index in [1.54, 1.807) is 7.11 Å². The first-order valence-electron chi connectivity index (χ1n) is 5.28. The summed E-state index contributed by atoms with van der Waals surface area (Å²) in [6.07, 6.45) is 0. The highest BCUT2D eigenvalue weighted by Gasteiger charge is 2.08. The Bertz CT molecular complexity index is 424. The fourth-order valence-electron chi connectivity index (χ4n) is 1.27. The summed E-state index contributed by atoms with van der Waals surface area (Å²) in [6, 6.07) is 5.65. The van der Waals surface area contributed by atoms with E-state index >= 15 is 0 Å². The van der Waals surface area contributed by atoms with E-state index in [9.17, 15) is 0 Å². The molecule has 0 spiro atoms. The second-order valence-corrected chi connectivity index (χ2v) is 5.50. The molecule has 0 aliphatic carbocycles. The lowest BCUT2D eigenvalue weighted by Gasteiger charge is -2.15. The summed E-state index contributed by atoms with van der Waals surface area (Å²) >= 11 is 3.39. The van der Waals surface area contributed by atoms with Crippen molar-refractivity contribution in [3.63, 3.8) is 0 Å². The van der Waals surface area contributed by atoms with Gasteiger partial charge in [0.2, 0.25) is 0 Å². The Morgan fingerprint density at radius 1 is 1.41 bits per heavy atom. The molecule has 0 atom stereocenters. The number of guanidine groups is 1. The van der Waals surface area contributed by atoms with Crippen molar-refractivity contribution in [1.82, 2.24) is 0 Å². The molecule has 1 aromatic rings. The minimum absolute atomic E-state index is 0.198. The number of methoxy groups -OCH3 is 1. The van der Waals surface area contributed by atoms with Crippen LogP contribution in [0.15, 0.2) is 27.7 Å². The molecule has 0 fully saturated rings. The van der Waals surface area contributed by atoms with Crippen LogP contribution in [0, 0.1) is 0 Å². The van der Waals surface area contributed by atoms with Gasteiger partial charge in [0, 0.05) is 11.8 Å². The first-order chi connectivity index (χ1) is 7.81. The Kier molecular flexibility index (Phi) is 4.40. The van der Waals surface area contributed by atoms with Crippen LogP contribution in [0.25, 0.3) is 0 Å². The van der Waals surface area contributed by atoms with Gasteiger partial charge in [0.05, 0.1) is 17.1 Å². The van der Waals surface area contributed by atoms with Crippen molar-refractivity contribution in [2.45, 2.75) is 26.3 Å². The molecule has 0 saturated heterocycles. The molecule has 0 unspecified atom stereocenters. The highest BCUT2D eigenvalue weighted by atomic mass is 79.9. The maximum absolute atomic E-state index is 5.81. The molecule has 1 rings (SSSR count). The van der Waals surface area contributed by atoms with Crippen molar-refractivity contribution in [3.05, 3.63) is 22.7 Å². The molecule has 0 bridgehead atoms. The van der Waals surface area contributed by atoms with E-state index in [2.05, 4.69) is 26.2 Å². The molecule has 94 valence electrons. The zero-order chi connectivity index (χ0) is 13.1. The predicted octanol–water partition coefficient (Wildman–Crippen LogP) is 2.98. The lowest BCUT2D eigenvalue weighted by atomic mass is 10.1. The number of nitrogens with one attached hydrogen (secondary N) is 1. The highest BCUT2D eigenvalue weighted by molar-refractivity contribution is 9.10. The summed E-state index contributed by atoms with van der Waals surface area (Å²) in [6.45, 7) is 5.97. The molecule has 0 aliphatic heterocycles. The number of benzene rings is 1. The van der Waals surface area contributed by atoms with Gasteiger partial charge >= 0.3 is 0 Å². The second kappa shape index (κ2) is 5.40. The number of aliphatic imine (C=N–C) groups is 1. The smallest absolute Gasteiger partial charge is 0.193 e.